The Labute approximate surface area is 145 Å². The van der Waals surface area contributed by atoms with Gasteiger partial charge in [-0.25, -0.2) is 9.18 Å². The summed E-state index contributed by atoms with van der Waals surface area (Å²) in [7, 11) is 0. The Balaban J connectivity index is 1.50. The second-order valence-corrected chi connectivity index (χ2v) is 5.89. The highest BCUT2D eigenvalue weighted by atomic mass is 19.1. The SMILES string of the molecule is O=C(O)c1cccc(OCCN2CCOC(c3ccc(F)cc3)C2)c1. The first-order chi connectivity index (χ1) is 12.1. The molecule has 0 bridgehead atoms. The maximum atomic E-state index is 13.0. The van der Waals surface area contributed by atoms with Crippen molar-refractivity contribution in [3.8, 4) is 5.75 Å². The number of carbonyl (C=O) groups is 1. The molecule has 1 aliphatic heterocycles. The Bertz CT molecular complexity index is 720. The molecule has 1 heterocycles. The van der Waals surface area contributed by atoms with Crippen molar-refractivity contribution in [2.24, 2.45) is 0 Å². The minimum Gasteiger partial charge on any atom is -0.492 e. The molecule has 1 unspecified atom stereocenters. The van der Waals surface area contributed by atoms with Crippen LogP contribution in [0.3, 0.4) is 0 Å². The maximum absolute atomic E-state index is 13.0. The third-order valence-electron chi connectivity index (χ3n) is 4.15. The van der Waals surface area contributed by atoms with E-state index in [1.54, 1.807) is 24.3 Å². The van der Waals surface area contributed by atoms with E-state index in [4.69, 9.17) is 14.6 Å². The monoisotopic (exact) mass is 345 g/mol. The molecular formula is C19H20FNO4. The van der Waals surface area contributed by atoms with Gasteiger partial charge in [-0.2, -0.15) is 0 Å². The first-order valence-corrected chi connectivity index (χ1v) is 8.17. The first-order valence-electron chi connectivity index (χ1n) is 8.17. The van der Waals surface area contributed by atoms with E-state index in [1.165, 1.54) is 24.3 Å². The number of carboxylic acids is 1. The van der Waals surface area contributed by atoms with Crippen molar-refractivity contribution in [1.82, 2.24) is 4.90 Å². The van der Waals surface area contributed by atoms with Gasteiger partial charge in [0.2, 0.25) is 0 Å². The fourth-order valence-corrected chi connectivity index (χ4v) is 2.80. The number of hydrogen-bond donors (Lipinski definition) is 1. The minimum absolute atomic E-state index is 0.0790. The fraction of sp³-hybridized carbons (Fsp3) is 0.316. The number of rotatable bonds is 6. The lowest BCUT2D eigenvalue weighted by Gasteiger charge is -2.33. The van der Waals surface area contributed by atoms with Crippen LogP contribution in [0.2, 0.25) is 0 Å². The Morgan fingerprint density at radius 2 is 2.08 bits per heavy atom. The summed E-state index contributed by atoms with van der Waals surface area (Å²) in [5.74, 6) is -0.683. The molecule has 132 valence electrons. The topological polar surface area (TPSA) is 59.0 Å². The van der Waals surface area contributed by atoms with Gasteiger partial charge >= 0.3 is 5.97 Å². The van der Waals surface area contributed by atoms with Crippen LogP contribution in [-0.4, -0.2) is 48.8 Å². The number of halogens is 1. The van der Waals surface area contributed by atoms with Gasteiger partial charge in [0.05, 0.1) is 18.3 Å². The van der Waals surface area contributed by atoms with E-state index >= 15 is 0 Å². The van der Waals surface area contributed by atoms with Crippen molar-refractivity contribution in [1.29, 1.82) is 0 Å². The summed E-state index contributed by atoms with van der Waals surface area (Å²) in [6.07, 6.45) is -0.0790. The van der Waals surface area contributed by atoms with E-state index in [2.05, 4.69) is 4.90 Å². The van der Waals surface area contributed by atoms with Crippen molar-refractivity contribution < 1.29 is 23.8 Å². The van der Waals surface area contributed by atoms with Crippen LogP contribution < -0.4 is 4.74 Å². The zero-order chi connectivity index (χ0) is 17.6. The van der Waals surface area contributed by atoms with E-state index < -0.39 is 5.97 Å². The summed E-state index contributed by atoms with van der Waals surface area (Å²) >= 11 is 0. The Morgan fingerprint density at radius 1 is 1.28 bits per heavy atom. The molecule has 1 aliphatic rings. The molecule has 2 aromatic rings. The smallest absolute Gasteiger partial charge is 0.335 e. The second kappa shape index (κ2) is 8.09. The summed E-state index contributed by atoms with van der Waals surface area (Å²) < 4.78 is 24.5. The lowest BCUT2D eigenvalue weighted by Crippen LogP contribution is -2.40. The van der Waals surface area contributed by atoms with Crippen molar-refractivity contribution in [2.75, 3.05) is 32.8 Å². The van der Waals surface area contributed by atoms with Crippen LogP contribution in [0.25, 0.3) is 0 Å². The number of carboxylic acid groups (broad SMARTS) is 1. The molecule has 1 atom stereocenters. The summed E-state index contributed by atoms with van der Waals surface area (Å²) in [6, 6.07) is 12.8. The molecule has 0 saturated carbocycles. The van der Waals surface area contributed by atoms with Crippen molar-refractivity contribution in [3.63, 3.8) is 0 Å². The summed E-state index contributed by atoms with van der Waals surface area (Å²) in [5.41, 5.74) is 1.17. The molecule has 1 saturated heterocycles. The van der Waals surface area contributed by atoms with Gasteiger partial charge in [-0.3, -0.25) is 4.90 Å². The molecule has 1 N–H and O–H groups in total. The molecular weight excluding hydrogens is 325 g/mol. The standard InChI is InChI=1S/C19H20FNO4/c20-16-6-4-14(5-7-16)18-13-21(9-11-25-18)8-10-24-17-3-1-2-15(12-17)19(22)23/h1-7,12,18H,8-11,13H2,(H,22,23). The summed E-state index contributed by atoms with van der Waals surface area (Å²) in [5, 5.41) is 8.99. The Kier molecular flexibility index (Phi) is 5.63. The molecule has 0 aliphatic carbocycles. The minimum atomic E-state index is -0.972. The van der Waals surface area contributed by atoms with Gasteiger partial charge < -0.3 is 14.6 Å². The first kappa shape index (κ1) is 17.4. The van der Waals surface area contributed by atoms with Crippen LogP contribution in [0, 0.1) is 5.82 Å². The van der Waals surface area contributed by atoms with Gasteiger partial charge in [-0.05, 0) is 35.9 Å². The highest BCUT2D eigenvalue weighted by Crippen LogP contribution is 2.22. The predicted octanol–water partition coefficient (Wildman–Crippen LogP) is 2.98. The normalized spacial score (nSPS) is 18.0. The molecule has 5 nitrogen and oxygen atoms in total. The molecule has 25 heavy (non-hydrogen) atoms. The van der Waals surface area contributed by atoms with Crippen molar-refractivity contribution >= 4 is 5.97 Å². The third kappa shape index (κ3) is 4.78. The number of aromatic carboxylic acids is 1. The number of morpholine rings is 1. The molecule has 0 amide bonds. The van der Waals surface area contributed by atoms with Crippen molar-refractivity contribution in [2.45, 2.75) is 6.10 Å². The van der Waals surface area contributed by atoms with Gasteiger partial charge in [-0.15, -0.1) is 0 Å². The maximum Gasteiger partial charge on any atom is 0.335 e. The zero-order valence-electron chi connectivity index (χ0n) is 13.7. The molecule has 0 radical (unpaired) electrons. The Morgan fingerprint density at radius 3 is 2.84 bits per heavy atom. The summed E-state index contributed by atoms with van der Waals surface area (Å²) in [6.45, 7) is 3.29. The van der Waals surface area contributed by atoms with Crippen LogP contribution in [0.5, 0.6) is 5.75 Å². The van der Waals surface area contributed by atoms with E-state index in [-0.39, 0.29) is 17.5 Å². The van der Waals surface area contributed by atoms with Gasteiger partial charge in [0, 0.05) is 19.6 Å². The van der Waals surface area contributed by atoms with Crippen LogP contribution >= 0.6 is 0 Å². The zero-order valence-corrected chi connectivity index (χ0v) is 13.7. The molecule has 0 spiro atoms. The quantitative estimate of drug-likeness (QED) is 0.872. The molecule has 1 fully saturated rings. The van der Waals surface area contributed by atoms with Gasteiger partial charge in [0.1, 0.15) is 18.2 Å². The Hall–Kier alpha value is -2.44. The van der Waals surface area contributed by atoms with E-state index in [0.29, 0.717) is 32.1 Å². The fourth-order valence-electron chi connectivity index (χ4n) is 2.80. The van der Waals surface area contributed by atoms with E-state index in [0.717, 1.165) is 12.1 Å². The van der Waals surface area contributed by atoms with Crippen LogP contribution in [0.1, 0.15) is 22.0 Å². The van der Waals surface area contributed by atoms with Gasteiger partial charge in [0.15, 0.2) is 0 Å². The van der Waals surface area contributed by atoms with Crippen LogP contribution in [-0.2, 0) is 4.74 Å². The molecule has 2 aromatic carbocycles. The third-order valence-corrected chi connectivity index (χ3v) is 4.15. The highest BCUT2D eigenvalue weighted by molar-refractivity contribution is 5.87. The van der Waals surface area contributed by atoms with Crippen molar-refractivity contribution in [3.05, 3.63) is 65.5 Å². The van der Waals surface area contributed by atoms with Crippen LogP contribution in [0.4, 0.5) is 4.39 Å². The van der Waals surface area contributed by atoms with E-state index in [9.17, 15) is 9.18 Å². The molecule has 0 aromatic heterocycles. The predicted molar refractivity (Wildman–Crippen MR) is 90.4 cm³/mol. The molecule has 6 heteroatoms. The largest absolute Gasteiger partial charge is 0.492 e. The number of ether oxygens (including phenoxy) is 2. The van der Waals surface area contributed by atoms with Gasteiger partial charge in [-0.1, -0.05) is 18.2 Å². The lowest BCUT2D eigenvalue weighted by atomic mass is 10.1. The average Bonchev–Trinajstić information content (AvgIpc) is 2.63. The lowest BCUT2D eigenvalue weighted by molar-refractivity contribution is -0.0329. The second-order valence-electron chi connectivity index (χ2n) is 5.89. The number of benzene rings is 2. The number of nitrogens with zero attached hydrogens (tertiary/aromatic N) is 1. The van der Waals surface area contributed by atoms with E-state index in [1.807, 2.05) is 0 Å². The molecule has 3 rings (SSSR count). The van der Waals surface area contributed by atoms with Crippen LogP contribution in [0.15, 0.2) is 48.5 Å². The van der Waals surface area contributed by atoms with Gasteiger partial charge in [0.25, 0.3) is 0 Å². The highest BCUT2D eigenvalue weighted by Gasteiger charge is 2.21. The average molecular weight is 345 g/mol. The summed E-state index contributed by atoms with van der Waals surface area (Å²) in [4.78, 5) is 13.2. The number of hydrogen-bond acceptors (Lipinski definition) is 4.